The lowest BCUT2D eigenvalue weighted by Crippen LogP contribution is -2.53. The summed E-state index contributed by atoms with van der Waals surface area (Å²) in [4.78, 5) is 33.4. The summed E-state index contributed by atoms with van der Waals surface area (Å²) in [6.45, 7) is 2.11. The monoisotopic (exact) mass is 471 g/mol. The van der Waals surface area contributed by atoms with Crippen molar-refractivity contribution in [3.63, 3.8) is 0 Å². The Bertz CT molecular complexity index is 1240. The van der Waals surface area contributed by atoms with Crippen LogP contribution in [0.2, 0.25) is 0 Å². The molecule has 2 aromatic carbocycles. The van der Waals surface area contributed by atoms with E-state index >= 15 is 0 Å². The van der Waals surface area contributed by atoms with Gasteiger partial charge < -0.3 is 4.90 Å². The first-order valence-electron chi connectivity index (χ1n) is 10.8. The molecule has 8 nitrogen and oxygen atoms in total. The number of guanidine groups is 1. The average molecular weight is 471 g/mol. The SMILES string of the molecule is O=C1C2=C(CCN(Cc3cc(F)cc(F)c3)C2)N2CCN=C2N1Cc1ccc([N+](=O)[O-])cc1F. The number of halogens is 3. The van der Waals surface area contributed by atoms with Gasteiger partial charge in [0.2, 0.25) is 5.96 Å². The lowest BCUT2D eigenvalue weighted by atomic mass is 10.00. The molecule has 0 saturated heterocycles. The molecule has 0 aromatic heterocycles. The Labute approximate surface area is 192 Å². The van der Waals surface area contributed by atoms with E-state index in [0.29, 0.717) is 43.2 Å². The molecule has 0 bridgehead atoms. The fraction of sp³-hybridized carbons (Fsp3) is 0.304. The highest BCUT2D eigenvalue weighted by Crippen LogP contribution is 2.32. The number of nitro groups is 1. The number of aliphatic imine (C=N–C) groups is 1. The molecule has 0 unspecified atom stereocenters. The molecule has 0 atom stereocenters. The van der Waals surface area contributed by atoms with Gasteiger partial charge in [0.05, 0.1) is 29.7 Å². The minimum absolute atomic E-state index is 0.121. The lowest BCUT2D eigenvalue weighted by Gasteiger charge is -2.42. The summed E-state index contributed by atoms with van der Waals surface area (Å²) in [6.07, 6.45) is 0.567. The fourth-order valence-corrected chi connectivity index (χ4v) is 4.66. The molecule has 11 heteroatoms. The number of amides is 1. The van der Waals surface area contributed by atoms with E-state index in [-0.39, 0.29) is 36.8 Å². The molecule has 0 radical (unpaired) electrons. The number of rotatable bonds is 5. The number of carbonyl (C=O) groups excluding carboxylic acids is 1. The van der Waals surface area contributed by atoms with E-state index in [1.165, 1.54) is 29.2 Å². The van der Waals surface area contributed by atoms with E-state index < -0.39 is 22.4 Å². The molecule has 0 spiro atoms. The number of hydrogen-bond donors (Lipinski definition) is 0. The summed E-state index contributed by atoms with van der Waals surface area (Å²) in [5, 5.41) is 10.9. The van der Waals surface area contributed by atoms with Crippen molar-refractivity contribution in [3.8, 4) is 0 Å². The molecular formula is C23H20F3N5O3. The second kappa shape index (κ2) is 8.56. The number of non-ortho nitro benzene ring substituents is 1. The van der Waals surface area contributed by atoms with Crippen molar-refractivity contribution in [1.82, 2.24) is 14.7 Å². The van der Waals surface area contributed by atoms with Crippen molar-refractivity contribution < 1.29 is 22.9 Å². The van der Waals surface area contributed by atoms with Crippen LogP contribution in [0.25, 0.3) is 0 Å². The normalized spacial score (nSPS) is 18.2. The molecule has 34 heavy (non-hydrogen) atoms. The first-order valence-corrected chi connectivity index (χ1v) is 10.8. The predicted octanol–water partition coefficient (Wildman–Crippen LogP) is 3.19. The van der Waals surface area contributed by atoms with E-state index in [1.807, 2.05) is 9.80 Å². The van der Waals surface area contributed by atoms with E-state index in [9.17, 15) is 28.1 Å². The Balaban J connectivity index is 1.40. The minimum Gasteiger partial charge on any atom is -0.314 e. The van der Waals surface area contributed by atoms with Gasteiger partial charge in [-0.05, 0) is 23.8 Å². The van der Waals surface area contributed by atoms with E-state index in [2.05, 4.69) is 4.99 Å². The summed E-state index contributed by atoms with van der Waals surface area (Å²) in [5.74, 6) is -1.96. The third-order valence-electron chi connectivity index (χ3n) is 6.19. The highest BCUT2D eigenvalue weighted by molar-refractivity contribution is 6.09. The summed E-state index contributed by atoms with van der Waals surface area (Å²) >= 11 is 0. The molecule has 2 aromatic rings. The summed E-state index contributed by atoms with van der Waals surface area (Å²) in [6, 6.07) is 6.69. The zero-order chi connectivity index (χ0) is 24.0. The van der Waals surface area contributed by atoms with E-state index in [0.717, 1.165) is 17.8 Å². The van der Waals surface area contributed by atoms with Crippen molar-refractivity contribution in [2.45, 2.75) is 19.5 Å². The van der Waals surface area contributed by atoms with Gasteiger partial charge in [-0.15, -0.1) is 0 Å². The van der Waals surface area contributed by atoms with Crippen LogP contribution in [0.15, 0.2) is 52.7 Å². The van der Waals surface area contributed by atoms with Gasteiger partial charge in [-0.2, -0.15) is 0 Å². The van der Waals surface area contributed by atoms with Gasteiger partial charge in [0.15, 0.2) is 0 Å². The first kappa shape index (κ1) is 22.1. The second-order valence-corrected chi connectivity index (χ2v) is 8.42. The molecule has 0 aliphatic carbocycles. The van der Waals surface area contributed by atoms with Crippen LogP contribution in [0.4, 0.5) is 18.9 Å². The maximum atomic E-state index is 14.6. The molecule has 0 N–H and O–H groups in total. The number of nitrogens with zero attached hydrogens (tertiary/aromatic N) is 5. The van der Waals surface area contributed by atoms with E-state index in [4.69, 9.17) is 0 Å². The van der Waals surface area contributed by atoms with Crippen LogP contribution in [0, 0.1) is 27.6 Å². The topological polar surface area (TPSA) is 82.3 Å². The van der Waals surface area contributed by atoms with Crippen LogP contribution in [0.3, 0.4) is 0 Å². The molecule has 3 heterocycles. The van der Waals surface area contributed by atoms with Gasteiger partial charge in [-0.25, -0.2) is 13.2 Å². The van der Waals surface area contributed by atoms with E-state index in [1.54, 1.807) is 0 Å². The first-order chi connectivity index (χ1) is 16.3. The van der Waals surface area contributed by atoms with Gasteiger partial charge in [-0.1, -0.05) is 0 Å². The number of nitro benzene ring substituents is 1. The molecular weight excluding hydrogens is 451 g/mol. The molecule has 1 amide bonds. The van der Waals surface area contributed by atoms with Gasteiger partial charge >= 0.3 is 0 Å². The Hall–Kier alpha value is -3.73. The average Bonchev–Trinajstić information content (AvgIpc) is 3.26. The number of hydrogen-bond acceptors (Lipinski definition) is 6. The van der Waals surface area contributed by atoms with Gasteiger partial charge in [0, 0.05) is 56.0 Å². The maximum absolute atomic E-state index is 14.6. The van der Waals surface area contributed by atoms with Crippen molar-refractivity contribution >= 4 is 17.6 Å². The second-order valence-electron chi connectivity index (χ2n) is 8.42. The van der Waals surface area contributed by atoms with Crippen LogP contribution >= 0.6 is 0 Å². The number of carbonyl (C=O) groups is 1. The molecule has 0 saturated carbocycles. The third kappa shape index (κ3) is 4.03. The molecule has 3 aliphatic rings. The van der Waals surface area contributed by atoms with Gasteiger partial charge in [-0.3, -0.25) is 29.7 Å². The van der Waals surface area contributed by atoms with Crippen LogP contribution in [0.5, 0.6) is 0 Å². The third-order valence-corrected chi connectivity index (χ3v) is 6.19. The maximum Gasteiger partial charge on any atom is 0.272 e. The van der Waals surface area contributed by atoms with Gasteiger partial charge in [0.25, 0.3) is 11.6 Å². The molecule has 5 rings (SSSR count). The van der Waals surface area contributed by atoms with Crippen molar-refractivity contribution in [2.24, 2.45) is 4.99 Å². The minimum atomic E-state index is -0.773. The zero-order valence-electron chi connectivity index (χ0n) is 18.0. The van der Waals surface area contributed by atoms with Crippen LogP contribution in [-0.2, 0) is 17.9 Å². The van der Waals surface area contributed by atoms with Crippen LogP contribution in [-0.4, -0.2) is 57.7 Å². The highest BCUT2D eigenvalue weighted by atomic mass is 19.1. The molecule has 176 valence electrons. The lowest BCUT2D eigenvalue weighted by molar-refractivity contribution is -0.385. The molecule has 3 aliphatic heterocycles. The fourth-order valence-electron chi connectivity index (χ4n) is 4.66. The Morgan fingerprint density at radius 1 is 1.03 bits per heavy atom. The predicted molar refractivity (Wildman–Crippen MR) is 116 cm³/mol. The number of fused-ring (bicyclic) bond motifs is 2. The smallest absolute Gasteiger partial charge is 0.272 e. The summed E-state index contributed by atoms with van der Waals surface area (Å²) < 4.78 is 41.8. The van der Waals surface area contributed by atoms with Crippen molar-refractivity contribution in [2.75, 3.05) is 26.2 Å². The van der Waals surface area contributed by atoms with Crippen molar-refractivity contribution in [1.29, 1.82) is 0 Å². The van der Waals surface area contributed by atoms with Gasteiger partial charge in [0.1, 0.15) is 17.5 Å². The summed E-state index contributed by atoms with van der Waals surface area (Å²) in [5.41, 5.74) is 1.64. The Morgan fingerprint density at radius 2 is 1.79 bits per heavy atom. The standard InChI is InChI=1S/C23H20F3N5O3/c24-16-7-14(8-17(25)9-16)11-28-5-3-21-19(13-28)22(32)30(23-27-4-6-29(21)23)12-15-1-2-18(31(33)34)10-20(15)26/h1-2,7-10H,3-6,11-13H2. The van der Waals surface area contributed by atoms with Crippen LogP contribution < -0.4 is 0 Å². The number of benzene rings is 2. The largest absolute Gasteiger partial charge is 0.314 e. The zero-order valence-corrected chi connectivity index (χ0v) is 18.0. The Morgan fingerprint density at radius 3 is 2.50 bits per heavy atom. The highest BCUT2D eigenvalue weighted by Gasteiger charge is 2.41. The van der Waals surface area contributed by atoms with Crippen molar-refractivity contribution in [3.05, 3.63) is 86.4 Å². The van der Waals surface area contributed by atoms with Crippen LogP contribution in [0.1, 0.15) is 17.5 Å². The quantitative estimate of drug-likeness (QED) is 0.494. The Kier molecular flexibility index (Phi) is 5.56. The molecule has 0 fully saturated rings. The summed E-state index contributed by atoms with van der Waals surface area (Å²) in [7, 11) is 0.